The first-order chi connectivity index (χ1) is 14.2. The summed E-state index contributed by atoms with van der Waals surface area (Å²) in [5.74, 6) is -0.906. The molecule has 1 atom stereocenters. The summed E-state index contributed by atoms with van der Waals surface area (Å²) in [5.41, 5.74) is 2.44. The fraction of sp³-hybridized carbons (Fsp3) is 0.360. The molecule has 0 spiro atoms. The maximum Gasteiger partial charge on any atom is 0.293 e. The zero-order chi connectivity index (χ0) is 21.9. The summed E-state index contributed by atoms with van der Waals surface area (Å²) < 4.78 is 5.64. The molecule has 30 heavy (non-hydrogen) atoms. The standard InChI is InChI=1S/C25H29NO4/c1-5-6-15-30-19-13-9-17(10-14-19)22(27)20-21(26-24(29)23(20)28)16-7-11-18(12-8-16)25(2,3)4/h7-14,21,27H,5-6,15H2,1-4H3,(H,26,29). The smallest absolute Gasteiger partial charge is 0.293 e. The number of Topliss-reactive ketones (excluding diaryl/α,β-unsaturated/α-hetero) is 1. The summed E-state index contributed by atoms with van der Waals surface area (Å²) >= 11 is 0. The Balaban J connectivity index is 1.91. The van der Waals surface area contributed by atoms with Gasteiger partial charge in [0.25, 0.3) is 11.7 Å². The molecule has 1 unspecified atom stereocenters. The second-order valence-electron chi connectivity index (χ2n) is 8.60. The fourth-order valence-electron chi connectivity index (χ4n) is 3.39. The van der Waals surface area contributed by atoms with Crippen molar-refractivity contribution in [3.05, 3.63) is 70.8 Å². The molecule has 0 aromatic heterocycles. The van der Waals surface area contributed by atoms with Crippen LogP contribution in [0.2, 0.25) is 0 Å². The first kappa shape index (κ1) is 21.6. The molecule has 5 nitrogen and oxygen atoms in total. The van der Waals surface area contributed by atoms with Crippen LogP contribution >= 0.6 is 0 Å². The molecule has 158 valence electrons. The summed E-state index contributed by atoms with van der Waals surface area (Å²) in [4.78, 5) is 24.6. The van der Waals surface area contributed by atoms with E-state index in [1.165, 1.54) is 0 Å². The highest BCUT2D eigenvalue weighted by Crippen LogP contribution is 2.34. The van der Waals surface area contributed by atoms with Gasteiger partial charge in [-0.05, 0) is 47.2 Å². The number of rotatable bonds is 6. The van der Waals surface area contributed by atoms with E-state index in [9.17, 15) is 14.7 Å². The quantitative estimate of drug-likeness (QED) is 0.310. The number of benzene rings is 2. The molecule has 2 N–H and O–H groups in total. The second-order valence-corrected chi connectivity index (χ2v) is 8.60. The van der Waals surface area contributed by atoms with Crippen LogP contribution in [0.15, 0.2) is 54.1 Å². The van der Waals surface area contributed by atoms with Gasteiger partial charge in [0.15, 0.2) is 0 Å². The molecular weight excluding hydrogens is 378 g/mol. The molecule has 3 rings (SSSR count). The van der Waals surface area contributed by atoms with E-state index < -0.39 is 17.7 Å². The van der Waals surface area contributed by atoms with E-state index in [2.05, 4.69) is 33.0 Å². The number of nitrogens with one attached hydrogen (secondary N) is 1. The molecule has 2 aromatic carbocycles. The summed E-state index contributed by atoms with van der Waals surface area (Å²) in [6, 6.07) is 14.0. The van der Waals surface area contributed by atoms with Crippen molar-refractivity contribution in [3.8, 4) is 5.75 Å². The molecule has 1 fully saturated rings. The van der Waals surface area contributed by atoms with Gasteiger partial charge in [0, 0.05) is 5.56 Å². The lowest BCUT2D eigenvalue weighted by Crippen LogP contribution is -2.21. The van der Waals surface area contributed by atoms with Crippen LogP contribution < -0.4 is 10.1 Å². The van der Waals surface area contributed by atoms with Gasteiger partial charge in [-0.25, -0.2) is 0 Å². The Hall–Kier alpha value is -3.08. The Morgan fingerprint density at radius 2 is 1.67 bits per heavy atom. The van der Waals surface area contributed by atoms with Crippen LogP contribution in [0.3, 0.4) is 0 Å². The Morgan fingerprint density at radius 1 is 1.03 bits per heavy atom. The summed E-state index contributed by atoms with van der Waals surface area (Å²) in [5, 5.41) is 13.5. The van der Waals surface area contributed by atoms with E-state index in [1.807, 2.05) is 24.3 Å². The molecule has 5 heteroatoms. The molecular formula is C25H29NO4. The van der Waals surface area contributed by atoms with E-state index in [4.69, 9.17) is 4.74 Å². The second kappa shape index (κ2) is 8.74. The van der Waals surface area contributed by atoms with E-state index in [0.717, 1.165) is 24.0 Å². The lowest BCUT2D eigenvalue weighted by Gasteiger charge is -2.20. The van der Waals surface area contributed by atoms with Crippen molar-refractivity contribution >= 4 is 17.4 Å². The number of aliphatic hydroxyl groups is 1. The largest absolute Gasteiger partial charge is 0.507 e. The Bertz CT molecular complexity index is 950. The number of ether oxygens (including phenoxy) is 1. The molecule has 0 bridgehead atoms. The number of ketones is 1. The molecule has 1 heterocycles. The molecule has 0 aliphatic carbocycles. The van der Waals surface area contributed by atoms with Gasteiger partial charge >= 0.3 is 0 Å². The van der Waals surface area contributed by atoms with Gasteiger partial charge in [0.2, 0.25) is 0 Å². The van der Waals surface area contributed by atoms with Gasteiger partial charge in [-0.1, -0.05) is 58.4 Å². The number of hydrogen-bond donors (Lipinski definition) is 2. The molecule has 0 radical (unpaired) electrons. The van der Waals surface area contributed by atoms with Crippen molar-refractivity contribution < 1.29 is 19.4 Å². The van der Waals surface area contributed by atoms with Gasteiger partial charge in [-0.15, -0.1) is 0 Å². The Morgan fingerprint density at radius 3 is 2.23 bits per heavy atom. The van der Waals surface area contributed by atoms with E-state index >= 15 is 0 Å². The number of hydrogen-bond acceptors (Lipinski definition) is 4. The number of carbonyl (C=O) groups is 2. The minimum atomic E-state index is -0.708. The van der Waals surface area contributed by atoms with Crippen LogP contribution in [0.4, 0.5) is 0 Å². The van der Waals surface area contributed by atoms with Crippen molar-refractivity contribution in [2.45, 2.75) is 52.0 Å². The van der Waals surface area contributed by atoms with Crippen molar-refractivity contribution in [2.24, 2.45) is 0 Å². The SMILES string of the molecule is CCCCOc1ccc(C(O)=C2C(=O)C(=O)NC2c2ccc(C(C)(C)C)cc2)cc1. The predicted molar refractivity (Wildman–Crippen MR) is 117 cm³/mol. The maximum atomic E-state index is 12.5. The van der Waals surface area contributed by atoms with E-state index in [0.29, 0.717) is 17.9 Å². The average Bonchev–Trinajstić information content (AvgIpc) is 3.02. The first-order valence-corrected chi connectivity index (χ1v) is 10.3. The third-order valence-corrected chi connectivity index (χ3v) is 5.27. The van der Waals surface area contributed by atoms with Crippen LogP contribution in [-0.4, -0.2) is 23.4 Å². The van der Waals surface area contributed by atoms with Crippen molar-refractivity contribution in [1.29, 1.82) is 0 Å². The molecule has 1 amide bonds. The van der Waals surface area contributed by atoms with Gasteiger partial charge in [0.1, 0.15) is 11.5 Å². The van der Waals surface area contributed by atoms with Crippen molar-refractivity contribution in [2.75, 3.05) is 6.61 Å². The normalized spacial score (nSPS) is 18.3. The molecule has 1 saturated heterocycles. The molecule has 1 aliphatic rings. The summed E-state index contributed by atoms with van der Waals surface area (Å²) in [6.07, 6.45) is 2.02. The predicted octanol–water partition coefficient (Wildman–Crippen LogP) is 4.87. The Kier molecular flexibility index (Phi) is 6.30. The van der Waals surface area contributed by atoms with Crippen LogP contribution in [-0.2, 0) is 15.0 Å². The Labute approximate surface area is 177 Å². The van der Waals surface area contributed by atoms with Crippen LogP contribution in [0.5, 0.6) is 5.75 Å². The zero-order valence-electron chi connectivity index (χ0n) is 18.0. The monoisotopic (exact) mass is 407 g/mol. The summed E-state index contributed by atoms with van der Waals surface area (Å²) in [6.45, 7) is 9.09. The topological polar surface area (TPSA) is 75.6 Å². The third kappa shape index (κ3) is 4.56. The molecule has 2 aromatic rings. The van der Waals surface area contributed by atoms with E-state index in [-0.39, 0.29) is 16.7 Å². The highest BCUT2D eigenvalue weighted by Gasteiger charge is 2.39. The number of carbonyl (C=O) groups excluding carboxylic acids is 2. The first-order valence-electron chi connectivity index (χ1n) is 10.3. The summed E-state index contributed by atoms with van der Waals surface area (Å²) in [7, 11) is 0. The van der Waals surface area contributed by atoms with Gasteiger partial charge in [0.05, 0.1) is 18.2 Å². The number of aliphatic hydroxyl groups excluding tert-OH is 1. The van der Waals surface area contributed by atoms with Crippen molar-refractivity contribution in [1.82, 2.24) is 5.32 Å². The number of unbranched alkanes of at least 4 members (excludes halogenated alkanes) is 1. The minimum absolute atomic E-state index is 0.00493. The highest BCUT2D eigenvalue weighted by atomic mass is 16.5. The van der Waals surface area contributed by atoms with E-state index in [1.54, 1.807) is 24.3 Å². The fourth-order valence-corrected chi connectivity index (χ4v) is 3.39. The van der Waals surface area contributed by atoms with Gasteiger partial charge in [-0.2, -0.15) is 0 Å². The van der Waals surface area contributed by atoms with Crippen LogP contribution in [0.1, 0.15) is 63.3 Å². The van der Waals surface area contributed by atoms with Crippen LogP contribution in [0, 0.1) is 0 Å². The van der Waals surface area contributed by atoms with Crippen molar-refractivity contribution in [3.63, 3.8) is 0 Å². The lowest BCUT2D eigenvalue weighted by atomic mass is 9.85. The maximum absolute atomic E-state index is 12.5. The highest BCUT2D eigenvalue weighted by molar-refractivity contribution is 6.46. The lowest BCUT2D eigenvalue weighted by molar-refractivity contribution is -0.133. The molecule has 0 saturated carbocycles. The zero-order valence-corrected chi connectivity index (χ0v) is 18.0. The number of amides is 1. The average molecular weight is 408 g/mol. The van der Waals surface area contributed by atoms with Gasteiger partial charge in [-0.3, -0.25) is 9.59 Å². The van der Waals surface area contributed by atoms with Crippen LogP contribution in [0.25, 0.3) is 5.76 Å². The minimum Gasteiger partial charge on any atom is -0.507 e. The molecule has 1 aliphatic heterocycles. The third-order valence-electron chi connectivity index (χ3n) is 5.27. The van der Waals surface area contributed by atoms with Gasteiger partial charge < -0.3 is 15.2 Å².